The number of alkyl halides is 9. The lowest BCUT2D eigenvalue weighted by molar-refractivity contribution is -0.192. The molecule has 85 heavy (non-hydrogen) atoms. The molecule has 12 nitrogen and oxygen atoms in total. The molecule has 4 aromatic carbocycles. The van der Waals surface area contributed by atoms with Crippen molar-refractivity contribution in [2.75, 3.05) is 26.2 Å². The summed E-state index contributed by atoms with van der Waals surface area (Å²) in [5.41, 5.74) is 6.68. The minimum Gasteiger partial charge on any atom is -0.475 e. The molecule has 0 aromatic heterocycles. The van der Waals surface area contributed by atoms with Crippen molar-refractivity contribution in [1.29, 1.82) is 0 Å². The third-order valence-corrected chi connectivity index (χ3v) is 15.6. The third kappa shape index (κ3) is 20.3. The van der Waals surface area contributed by atoms with E-state index in [1.807, 2.05) is 43.3 Å². The van der Waals surface area contributed by atoms with Gasteiger partial charge in [0.05, 0.1) is 28.5 Å². The molecule has 0 amide bonds. The Morgan fingerprint density at radius 3 is 1.51 bits per heavy atom. The second-order valence-corrected chi connectivity index (χ2v) is 23.3. The zero-order chi connectivity index (χ0) is 62.3. The molecule has 4 aromatic rings. The molecule has 7 rings (SSSR count). The normalized spacial score (nSPS) is 16.7. The lowest BCUT2D eigenvalue weighted by Crippen LogP contribution is -2.50. The third-order valence-electron chi connectivity index (χ3n) is 15.6. The van der Waals surface area contributed by atoms with Crippen molar-refractivity contribution in [3.05, 3.63) is 140 Å². The van der Waals surface area contributed by atoms with E-state index in [4.69, 9.17) is 29.0 Å². The fraction of sp³-hybridized carbons (Fsp3) is 0.547. The number of oxime groups is 2. The summed E-state index contributed by atoms with van der Waals surface area (Å²) >= 11 is 0. The number of nitrogens with one attached hydrogen (secondary N) is 1. The topological polar surface area (TPSA) is 148 Å². The van der Waals surface area contributed by atoms with E-state index >= 15 is 0 Å². The average molecular weight is 1200 g/mol. The molecule has 1 unspecified atom stereocenters. The summed E-state index contributed by atoms with van der Waals surface area (Å²) in [7, 11) is 0. The van der Waals surface area contributed by atoms with Gasteiger partial charge in [0.2, 0.25) is 0 Å². The number of esters is 2. The minimum atomic E-state index is -5.08. The van der Waals surface area contributed by atoms with Crippen LogP contribution in [0.15, 0.2) is 83.1 Å². The highest BCUT2D eigenvalue weighted by Gasteiger charge is 2.40. The van der Waals surface area contributed by atoms with Gasteiger partial charge in [-0.25, -0.2) is 4.79 Å². The molecule has 2 N–H and O–H groups in total. The lowest BCUT2D eigenvalue weighted by Gasteiger charge is -2.38. The number of carbonyl (C=O) groups is 3. The summed E-state index contributed by atoms with van der Waals surface area (Å²) in [4.78, 5) is 49.0. The molecule has 1 aliphatic heterocycles. The van der Waals surface area contributed by atoms with Gasteiger partial charge in [-0.3, -0.25) is 14.5 Å². The summed E-state index contributed by atoms with van der Waals surface area (Å²) in [6.45, 7) is 14.9. The van der Waals surface area contributed by atoms with Gasteiger partial charge >= 0.3 is 36.4 Å². The Kier molecular flexibility index (Phi) is 24.1. The number of aliphatic carboxylic acids is 1. The summed E-state index contributed by atoms with van der Waals surface area (Å²) in [6, 6.07) is 20.9. The molecule has 0 radical (unpaired) electrons. The van der Waals surface area contributed by atoms with E-state index in [0.29, 0.717) is 66.3 Å². The number of hydrogen-bond donors (Lipinski definition) is 2. The van der Waals surface area contributed by atoms with Crippen LogP contribution < -0.4 is 5.32 Å². The number of carboxylic acid groups (broad SMARTS) is 1. The maximum Gasteiger partial charge on any atom is 0.490 e. The molecule has 21 heteroatoms. The van der Waals surface area contributed by atoms with Crippen LogP contribution in [0.2, 0.25) is 0 Å². The molecule has 466 valence electrons. The molecular weight excluding hydrogens is 1120 g/mol. The molecule has 2 aliphatic carbocycles. The van der Waals surface area contributed by atoms with Crippen molar-refractivity contribution >= 4 is 29.3 Å². The molecule has 3 fully saturated rings. The number of carboxylic acids is 1. The van der Waals surface area contributed by atoms with Crippen molar-refractivity contribution in [2.45, 2.75) is 188 Å². The number of benzene rings is 4. The Morgan fingerprint density at radius 1 is 0.635 bits per heavy atom. The monoisotopic (exact) mass is 1200 g/mol. The number of hydrogen-bond acceptors (Lipinski definition) is 11. The SMILES string of the molecule is CCc1cc(/C(C)=N/OCc2ccc(C3CCCCC3)c(C(F)(F)F)c2)ccc1CNCC(COC(=O)C1CN(Cc2ccc(/C(C)=N/OCc3ccc(C4CCCCC4)c(C(F)(F)F)c3)cc2CC)C1)C(=O)OC(C)(C)C.O=C(O)C(F)(F)F. The van der Waals surface area contributed by atoms with Gasteiger partial charge in [0.25, 0.3) is 0 Å². The quantitative estimate of drug-likeness (QED) is 0.0337. The van der Waals surface area contributed by atoms with Gasteiger partial charge in [0.15, 0.2) is 0 Å². The van der Waals surface area contributed by atoms with Gasteiger partial charge in [0.1, 0.15) is 31.3 Å². The van der Waals surface area contributed by atoms with Crippen LogP contribution >= 0.6 is 0 Å². The van der Waals surface area contributed by atoms with E-state index in [-0.39, 0.29) is 50.1 Å². The Bertz CT molecular complexity index is 2950. The van der Waals surface area contributed by atoms with E-state index in [9.17, 15) is 49.1 Å². The van der Waals surface area contributed by atoms with Gasteiger partial charge in [-0.15, -0.1) is 0 Å². The van der Waals surface area contributed by atoms with Crippen LogP contribution in [0.3, 0.4) is 0 Å². The molecular formula is C64H79F9N4O8. The van der Waals surface area contributed by atoms with Crippen molar-refractivity contribution < 1.29 is 78.2 Å². The van der Waals surface area contributed by atoms with E-state index in [0.717, 1.165) is 104 Å². The van der Waals surface area contributed by atoms with Crippen LogP contribution in [-0.2, 0) is 85.0 Å². The predicted molar refractivity (Wildman–Crippen MR) is 305 cm³/mol. The first-order valence-corrected chi connectivity index (χ1v) is 29.1. The second kappa shape index (κ2) is 30.2. The van der Waals surface area contributed by atoms with E-state index in [1.165, 1.54) is 12.1 Å². The van der Waals surface area contributed by atoms with Crippen molar-refractivity contribution in [2.24, 2.45) is 22.1 Å². The van der Waals surface area contributed by atoms with Crippen LogP contribution in [0, 0.1) is 11.8 Å². The highest BCUT2D eigenvalue weighted by molar-refractivity contribution is 5.99. The Morgan fingerprint density at radius 2 is 1.08 bits per heavy atom. The highest BCUT2D eigenvalue weighted by Crippen LogP contribution is 2.43. The average Bonchev–Trinajstić information content (AvgIpc) is 2.52. The van der Waals surface area contributed by atoms with E-state index in [1.54, 1.807) is 58.9 Å². The Balaban J connectivity index is 0.00000155. The van der Waals surface area contributed by atoms with Crippen LogP contribution in [0.5, 0.6) is 0 Å². The van der Waals surface area contributed by atoms with Gasteiger partial charge in [0, 0.05) is 32.7 Å². The van der Waals surface area contributed by atoms with E-state index < -0.39 is 53.1 Å². The standard InChI is InChI=1S/C62H78F6N4O6.C2HF3O2/c1-8-44-30-48(40(3)70-76-37-42-20-26-54(46-16-12-10-13-17-46)56(28-42)61(63,64)65)22-24-50(44)32-69-33-52(59(74)78-60(5,6)7)39-75-58(73)53-35-72(36-53)34-51-25-23-49(31-45(51)9-2)41(4)71-77-38-43-21-27-55(47-18-14-11-15-19-47)57(29-43)62(66,67)68;3-2(4,5)1(6)7/h20-31,46-47,52-53,69H,8-19,32-39H2,1-7H3;(H,6,7)/b70-40+,71-41+;. The van der Waals surface area contributed by atoms with Gasteiger partial charge in [-0.1, -0.05) is 111 Å². The van der Waals surface area contributed by atoms with Gasteiger partial charge in [-0.2, -0.15) is 39.5 Å². The smallest absolute Gasteiger partial charge is 0.475 e. The minimum absolute atomic E-state index is 0.0747. The number of rotatable bonds is 22. The number of nitrogens with zero attached hydrogens (tertiary/aromatic N) is 3. The molecule has 3 aliphatic rings. The maximum absolute atomic E-state index is 14.1. The number of ether oxygens (including phenoxy) is 2. The first kappa shape index (κ1) is 67.6. The van der Waals surface area contributed by atoms with Crippen LogP contribution in [-0.4, -0.2) is 77.4 Å². The summed E-state index contributed by atoms with van der Waals surface area (Å²) in [5, 5.41) is 19.0. The molecule has 0 spiro atoms. The lowest BCUT2D eigenvalue weighted by atomic mass is 9.81. The molecule has 1 atom stereocenters. The van der Waals surface area contributed by atoms with Gasteiger partial charge in [-0.05, 0) is 165 Å². The molecule has 0 bridgehead atoms. The summed E-state index contributed by atoms with van der Waals surface area (Å²) in [6.07, 6.45) is -3.55. The van der Waals surface area contributed by atoms with Crippen molar-refractivity contribution in [3.8, 4) is 0 Å². The summed E-state index contributed by atoms with van der Waals surface area (Å²) < 4.78 is 128. The van der Waals surface area contributed by atoms with Gasteiger partial charge < -0.3 is 29.6 Å². The van der Waals surface area contributed by atoms with Crippen LogP contribution in [0.25, 0.3) is 0 Å². The first-order chi connectivity index (χ1) is 40.0. The maximum atomic E-state index is 14.1. The number of halogens is 9. The molecule has 1 heterocycles. The fourth-order valence-corrected chi connectivity index (χ4v) is 11.0. The number of aryl methyl sites for hydroxylation is 2. The van der Waals surface area contributed by atoms with Crippen molar-refractivity contribution in [3.63, 3.8) is 0 Å². The molecule has 2 saturated carbocycles. The largest absolute Gasteiger partial charge is 0.490 e. The second-order valence-electron chi connectivity index (χ2n) is 23.3. The Hall–Kier alpha value is -6.48. The predicted octanol–water partition coefficient (Wildman–Crippen LogP) is 15.2. The van der Waals surface area contributed by atoms with Crippen LogP contribution in [0.1, 0.15) is 191 Å². The summed E-state index contributed by atoms with van der Waals surface area (Å²) in [5.74, 6) is -4.89. The first-order valence-electron chi connectivity index (χ1n) is 29.1. The highest BCUT2D eigenvalue weighted by atomic mass is 19.4. The molecule has 1 saturated heterocycles. The number of likely N-dealkylation sites (tertiary alicyclic amines) is 1. The zero-order valence-electron chi connectivity index (χ0n) is 49.4. The van der Waals surface area contributed by atoms with E-state index in [2.05, 4.69) is 27.5 Å². The zero-order valence-corrected chi connectivity index (χ0v) is 49.4. The Labute approximate surface area is 491 Å². The van der Waals surface area contributed by atoms with Crippen molar-refractivity contribution in [1.82, 2.24) is 10.2 Å². The number of carbonyl (C=O) groups excluding carboxylic acids is 2. The fourth-order valence-electron chi connectivity index (χ4n) is 11.0. The van der Waals surface area contributed by atoms with Crippen LogP contribution in [0.4, 0.5) is 39.5 Å².